The highest BCUT2D eigenvalue weighted by molar-refractivity contribution is 5.98. The Balaban J connectivity index is 1.16. The molecular formula is C28H32F2N8O6. The minimum atomic E-state index is -0.865. The molecule has 3 aliphatic rings. The molecule has 0 aliphatic carbocycles. The Morgan fingerprint density at radius 2 is 1.89 bits per heavy atom. The second kappa shape index (κ2) is 13.2. The molecule has 44 heavy (non-hydrogen) atoms. The standard InChI is InChI=1S/C28H32F2N8O6/c1-3-43-27(41)23-16-37(34-33-23)14-20-15-38(28(42)44-20)19-11-21(29)24(22(30)12-19)35-7-9-36(10-8-35)26(40)17(2)32-25(39)18-5-4-6-31-13-18/h5-6,11-12,16-17,20H,3-4,7-10,13-15H2,1-2H3,(H,32,39). The van der Waals surface area contributed by atoms with Gasteiger partial charge in [0.25, 0.3) is 0 Å². The second-order valence-electron chi connectivity index (χ2n) is 10.4. The van der Waals surface area contributed by atoms with Gasteiger partial charge in [0.05, 0.1) is 38.1 Å². The molecule has 2 aromatic rings. The van der Waals surface area contributed by atoms with E-state index < -0.39 is 35.8 Å². The van der Waals surface area contributed by atoms with Crippen molar-refractivity contribution in [2.24, 2.45) is 4.99 Å². The average Bonchev–Trinajstić information content (AvgIpc) is 3.63. The van der Waals surface area contributed by atoms with Crippen molar-refractivity contribution < 1.29 is 37.4 Å². The minimum absolute atomic E-state index is 0.00223. The van der Waals surface area contributed by atoms with E-state index in [4.69, 9.17) is 9.47 Å². The molecule has 0 saturated carbocycles. The predicted octanol–water partition coefficient (Wildman–Crippen LogP) is 1.31. The van der Waals surface area contributed by atoms with Gasteiger partial charge in [-0.05, 0) is 13.8 Å². The first kappa shape index (κ1) is 30.6. The number of amides is 3. The van der Waals surface area contributed by atoms with Gasteiger partial charge in [-0.1, -0.05) is 11.3 Å². The summed E-state index contributed by atoms with van der Waals surface area (Å²) in [5.74, 6) is -3.00. The molecule has 5 rings (SSSR count). The molecule has 0 bridgehead atoms. The fourth-order valence-electron chi connectivity index (χ4n) is 5.17. The summed E-state index contributed by atoms with van der Waals surface area (Å²) in [4.78, 5) is 58.0. The smallest absolute Gasteiger partial charge is 0.414 e. The lowest BCUT2D eigenvalue weighted by atomic mass is 10.1. The van der Waals surface area contributed by atoms with Crippen LogP contribution in [0.1, 0.15) is 30.8 Å². The number of hydrogen-bond donors (Lipinski definition) is 1. The lowest BCUT2D eigenvalue weighted by Gasteiger charge is -2.37. The summed E-state index contributed by atoms with van der Waals surface area (Å²) in [7, 11) is 0. The monoisotopic (exact) mass is 614 g/mol. The van der Waals surface area contributed by atoms with Gasteiger partial charge < -0.3 is 24.6 Å². The highest BCUT2D eigenvalue weighted by atomic mass is 19.1. The number of aliphatic imine (C=N–C) groups is 1. The zero-order valence-electron chi connectivity index (χ0n) is 24.2. The van der Waals surface area contributed by atoms with Crippen molar-refractivity contribution in [3.63, 3.8) is 0 Å². The molecule has 2 saturated heterocycles. The number of rotatable bonds is 9. The molecule has 2 fully saturated rings. The molecule has 14 nitrogen and oxygen atoms in total. The Bertz CT molecular complexity index is 1480. The molecule has 2 unspecified atom stereocenters. The highest BCUT2D eigenvalue weighted by Crippen LogP contribution is 2.32. The van der Waals surface area contributed by atoms with Gasteiger partial charge in [-0.2, -0.15) is 0 Å². The van der Waals surface area contributed by atoms with Crippen molar-refractivity contribution in [1.82, 2.24) is 25.2 Å². The molecule has 2 atom stereocenters. The topological polar surface area (TPSA) is 152 Å². The number of carbonyl (C=O) groups excluding carboxylic acids is 4. The molecule has 3 aliphatic heterocycles. The SMILES string of the molecule is CCOC(=O)c1cn(CC2CN(c3cc(F)c(N4CCN(C(=O)C(C)NC(=O)C5=CCC=NC5)CC4)c(F)c3)C(=O)O2)nn1. The molecule has 0 radical (unpaired) electrons. The van der Waals surface area contributed by atoms with Crippen molar-refractivity contribution in [2.45, 2.75) is 39.0 Å². The molecular weight excluding hydrogens is 582 g/mol. The van der Waals surface area contributed by atoms with Crippen molar-refractivity contribution >= 4 is 41.5 Å². The van der Waals surface area contributed by atoms with Gasteiger partial charge in [0.2, 0.25) is 11.8 Å². The predicted molar refractivity (Wildman–Crippen MR) is 152 cm³/mol. The zero-order valence-corrected chi connectivity index (χ0v) is 24.2. The maximum Gasteiger partial charge on any atom is 0.414 e. The van der Waals surface area contributed by atoms with Crippen molar-refractivity contribution in [2.75, 3.05) is 55.7 Å². The lowest BCUT2D eigenvalue weighted by molar-refractivity contribution is -0.135. The van der Waals surface area contributed by atoms with Crippen LogP contribution in [0.3, 0.4) is 0 Å². The Kier molecular flexibility index (Phi) is 9.15. The van der Waals surface area contributed by atoms with Gasteiger partial charge in [-0.15, -0.1) is 5.10 Å². The Morgan fingerprint density at radius 1 is 1.16 bits per heavy atom. The molecule has 3 amide bonds. The summed E-state index contributed by atoms with van der Waals surface area (Å²) in [5, 5.41) is 10.3. The fraction of sp³-hybridized carbons (Fsp3) is 0.464. The second-order valence-corrected chi connectivity index (χ2v) is 10.4. The van der Waals surface area contributed by atoms with Crippen LogP contribution < -0.4 is 15.1 Å². The van der Waals surface area contributed by atoms with E-state index in [2.05, 4.69) is 20.6 Å². The van der Waals surface area contributed by atoms with Crippen molar-refractivity contribution in [3.8, 4) is 0 Å². The van der Waals surface area contributed by atoms with Crippen LogP contribution in [-0.2, 0) is 25.6 Å². The Labute approximate surface area is 251 Å². The summed E-state index contributed by atoms with van der Waals surface area (Å²) in [5.41, 5.74) is 0.232. The molecule has 1 N–H and O–H groups in total. The summed E-state index contributed by atoms with van der Waals surface area (Å²) < 4.78 is 42.1. The van der Waals surface area contributed by atoms with Gasteiger partial charge >= 0.3 is 12.1 Å². The number of piperazine rings is 1. The van der Waals surface area contributed by atoms with E-state index in [1.54, 1.807) is 31.0 Å². The van der Waals surface area contributed by atoms with Crippen molar-refractivity contribution in [1.29, 1.82) is 0 Å². The number of benzene rings is 1. The van der Waals surface area contributed by atoms with Gasteiger partial charge in [-0.25, -0.2) is 23.1 Å². The third kappa shape index (κ3) is 6.68. The summed E-state index contributed by atoms with van der Waals surface area (Å²) >= 11 is 0. The van der Waals surface area contributed by atoms with E-state index in [0.29, 0.717) is 12.0 Å². The summed E-state index contributed by atoms with van der Waals surface area (Å²) in [6, 6.07) is 1.35. The van der Waals surface area contributed by atoms with Gasteiger partial charge in [0.15, 0.2) is 17.3 Å². The molecule has 1 aromatic heterocycles. The number of hydrogen-bond acceptors (Lipinski definition) is 10. The van der Waals surface area contributed by atoms with Gasteiger partial charge in [0.1, 0.15) is 17.8 Å². The number of carbonyl (C=O) groups is 4. The molecule has 16 heteroatoms. The van der Waals surface area contributed by atoms with E-state index in [9.17, 15) is 19.2 Å². The van der Waals surface area contributed by atoms with E-state index in [-0.39, 0.29) is 81.3 Å². The Morgan fingerprint density at radius 3 is 2.55 bits per heavy atom. The number of dihydropyridines is 1. The number of aromatic nitrogens is 3. The van der Waals surface area contributed by atoms with Crippen LogP contribution in [0.15, 0.2) is 35.0 Å². The zero-order chi connectivity index (χ0) is 31.4. The van der Waals surface area contributed by atoms with Crippen LogP contribution in [0.4, 0.5) is 25.0 Å². The quantitative estimate of drug-likeness (QED) is 0.412. The van der Waals surface area contributed by atoms with Gasteiger partial charge in [-0.3, -0.25) is 19.5 Å². The molecule has 1 aromatic carbocycles. The third-order valence-electron chi connectivity index (χ3n) is 7.38. The first-order valence-electron chi connectivity index (χ1n) is 14.2. The number of esters is 1. The number of anilines is 2. The van der Waals surface area contributed by atoms with E-state index in [1.807, 2.05) is 0 Å². The van der Waals surface area contributed by atoms with E-state index in [0.717, 1.165) is 17.0 Å². The fourth-order valence-corrected chi connectivity index (χ4v) is 5.17. The van der Waals surface area contributed by atoms with E-state index >= 15 is 8.78 Å². The number of ether oxygens (including phenoxy) is 2. The molecule has 234 valence electrons. The third-order valence-corrected chi connectivity index (χ3v) is 7.38. The maximum atomic E-state index is 15.3. The van der Waals surface area contributed by atoms with E-state index in [1.165, 1.54) is 15.8 Å². The van der Waals surface area contributed by atoms with Crippen LogP contribution in [0.2, 0.25) is 0 Å². The van der Waals surface area contributed by atoms with Gasteiger partial charge in [0, 0.05) is 56.5 Å². The first-order valence-corrected chi connectivity index (χ1v) is 14.2. The lowest BCUT2D eigenvalue weighted by Crippen LogP contribution is -2.54. The maximum absolute atomic E-state index is 15.3. The largest absolute Gasteiger partial charge is 0.461 e. The first-order chi connectivity index (χ1) is 21.1. The average molecular weight is 615 g/mol. The Hall–Kier alpha value is -4.89. The molecule has 0 spiro atoms. The number of allylic oxidation sites excluding steroid dienone is 1. The van der Waals surface area contributed by atoms with Crippen LogP contribution in [0.25, 0.3) is 0 Å². The van der Waals surface area contributed by atoms with Crippen LogP contribution in [0, 0.1) is 11.6 Å². The number of halogens is 2. The number of nitrogens with one attached hydrogen (secondary N) is 1. The van der Waals surface area contributed by atoms with Crippen molar-refractivity contribution in [3.05, 3.63) is 47.3 Å². The van der Waals surface area contributed by atoms with Crippen LogP contribution >= 0.6 is 0 Å². The number of nitrogens with zero attached hydrogens (tertiary/aromatic N) is 7. The molecule has 4 heterocycles. The summed E-state index contributed by atoms with van der Waals surface area (Å²) in [6.07, 6.45) is 3.91. The number of cyclic esters (lactones) is 1. The summed E-state index contributed by atoms with van der Waals surface area (Å²) in [6.45, 7) is 4.49. The highest BCUT2D eigenvalue weighted by Gasteiger charge is 2.35. The minimum Gasteiger partial charge on any atom is -0.461 e. The van der Waals surface area contributed by atoms with Crippen LogP contribution in [0.5, 0.6) is 0 Å². The van der Waals surface area contributed by atoms with Crippen LogP contribution in [-0.4, -0.2) is 108 Å². The normalized spacial score (nSPS) is 19.0.